The topological polar surface area (TPSA) is 70.4 Å². The lowest BCUT2D eigenvalue weighted by molar-refractivity contribution is -0.140. The van der Waals surface area contributed by atoms with Crippen LogP contribution in [0.1, 0.15) is 44.6 Å². The van der Waals surface area contributed by atoms with Gasteiger partial charge in [0.05, 0.1) is 35.3 Å². The summed E-state index contributed by atoms with van der Waals surface area (Å²) in [7, 11) is 0. The lowest BCUT2D eigenvalue weighted by atomic mass is 10.0. The Morgan fingerprint density at radius 1 is 1.27 bits per heavy atom. The first-order valence-electron chi connectivity index (χ1n) is 9.21. The van der Waals surface area contributed by atoms with E-state index in [1.165, 1.54) is 11.1 Å². The number of aromatic nitrogens is 2. The van der Waals surface area contributed by atoms with Crippen molar-refractivity contribution in [3.8, 4) is 0 Å². The Kier molecular flexibility index (Phi) is 4.61. The molecule has 6 heteroatoms. The second kappa shape index (κ2) is 6.35. The number of imidazole rings is 1. The second-order valence-corrected chi connectivity index (χ2v) is 8.63. The van der Waals surface area contributed by atoms with Crippen LogP contribution in [0.3, 0.4) is 0 Å². The van der Waals surface area contributed by atoms with E-state index in [-0.39, 0.29) is 5.91 Å². The van der Waals surface area contributed by atoms with Gasteiger partial charge in [0.2, 0.25) is 5.91 Å². The van der Waals surface area contributed by atoms with Crippen molar-refractivity contribution in [1.29, 1.82) is 0 Å². The average Bonchev–Trinajstić information content (AvgIpc) is 2.80. The molecule has 1 saturated heterocycles. The number of hydrogen-bond acceptors (Lipinski definition) is 4. The number of hydrogen-bond donors (Lipinski definition) is 2. The SMILES string of the molecule is Cc1cc2nc(CN3CCNC(C)(C)C3=O)n(CC(C)(C)O)c2cc1C. The number of amides is 1. The molecular weight excluding hydrogens is 328 g/mol. The van der Waals surface area contributed by atoms with Crippen molar-refractivity contribution in [2.45, 2.75) is 65.8 Å². The van der Waals surface area contributed by atoms with Gasteiger partial charge in [-0.05, 0) is 64.8 Å². The maximum atomic E-state index is 12.7. The van der Waals surface area contributed by atoms with Crippen molar-refractivity contribution in [2.75, 3.05) is 13.1 Å². The molecule has 1 aromatic heterocycles. The van der Waals surface area contributed by atoms with E-state index in [2.05, 4.69) is 35.9 Å². The zero-order chi connectivity index (χ0) is 19.3. The number of aliphatic hydroxyl groups is 1. The van der Waals surface area contributed by atoms with E-state index in [1.807, 2.05) is 18.7 Å². The molecule has 0 saturated carbocycles. The number of fused-ring (bicyclic) bond motifs is 1. The van der Waals surface area contributed by atoms with Crippen LogP contribution in [-0.4, -0.2) is 49.7 Å². The monoisotopic (exact) mass is 358 g/mol. The third kappa shape index (κ3) is 3.62. The number of carbonyl (C=O) groups is 1. The zero-order valence-electron chi connectivity index (χ0n) is 16.7. The van der Waals surface area contributed by atoms with Crippen molar-refractivity contribution in [3.05, 3.63) is 29.1 Å². The molecule has 142 valence electrons. The van der Waals surface area contributed by atoms with E-state index in [4.69, 9.17) is 4.98 Å². The maximum Gasteiger partial charge on any atom is 0.242 e. The molecular formula is C20H30N4O2. The molecule has 1 aromatic carbocycles. The summed E-state index contributed by atoms with van der Waals surface area (Å²) in [5.41, 5.74) is 2.88. The van der Waals surface area contributed by atoms with E-state index < -0.39 is 11.1 Å². The quantitative estimate of drug-likeness (QED) is 0.878. The minimum atomic E-state index is -0.867. The first-order chi connectivity index (χ1) is 12.0. The average molecular weight is 358 g/mol. The van der Waals surface area contributed by atoms with Gasteiger partial charge in [-0.15, -0.1) is 0 Å². The standard InChI is InChI=1S/C20H30N4O2/c1-13-9-15-16(10-14(13)2)24(12-19(3,4)26)17(22-15)11-23-8-7-21-20(5,6)18(23)25/h9-10,21,26H,7-8,11-12H2,1-6H3. The van der Waals surface area contributed by atoms with Crippen molar-refractivity contribution in [2.24, 2.45) is 0 Å². The Labute approximate surface area is 155 Å². The first-order valence-corrected chi connectivity index (χ1v) is 9.21. The third-order valence-electron chi connectivity index (χ3n) is 5.09. The van der Waals surface area contributed by atoms with E-state index in [0.717, 1.165) is 23.4 Å². The molecule has 1 amide bonds. The summed E-state index contributed by atoms with van der Waals surface area (Å²) in [4.78, 5) is 19.4. The van der Waals surface area contributed by atoms with Crippen molar-refractivity contribution < 1.29 is 9.90 Å². The van der Waals surface area contributed by atoms with Crippen LogP contribution in [-0.2, 0) is 17.9 Å². The summed E-state index contributed by atoms with van der Waals surface area (Å²) < 4.78 is 2.06. The number of nitrogens with zero attached hydrogens (tertiary/aromatic N) is 3. The van der Waals surface area contributed by atoms with Crippen LogP contribution in [0.5, 0.6) is 0 Å². The van der Waals surface area contributed by atoms with E-state index in [1.54, 1.807) is 13.8 Å². The summed E-state index contributed by atoms with van der Waals surface area (Å²) >= 11 is 0. The van der Waals surface area contributed by atoms with Crippen LogP contribution in [0.25, 0.3) is 11.0 Å². The summed E-state index contributed by atoms with van der Waals surface area (Å²) in [5, 5.41) is 13.7. The lowest BCUT2D eigenvalue weighted by Crippen LogP contribution is -2.60. The molecule has 1 fully saturated rings. The minimum absolute atomic E-state index is 0.0815. The molecule has 2 aromatic rings. The fourth-order valence-electron chi connectivity index (χ4n) is 3.51. The van der Waals surface area contributed by atoms with Crippen LogP contribution < -0.4 is 5.32 Å². The fourth-order valence-corrected chi connectivity index (χ4v) is 3.51. The predicted octanol–water partition coefficient (Wildman–Crippen LogP) is 2.13. The van der Waals surface area contributed by atoms with Crippen LogP contribution in [0.4, 0.5) is 0 Å². The highest BCUT2D eigenvalue weighted by Gasteiger charge is 2.36. The Bertz CT molecular complexity index is 846. The van der Waals surface area contributed by atoms with Crippen LogP contribution in [0, 0.1) is 13.8 Å². The Balaban J connectivity index is 2.04. The van der Waals surface area contributed by atoms with Crippen LogP contribution in [0.15, 0.2) is 12.1 Å². The molecule has 3 rings (SSSR count). The van der Waals surface area contributed by atoms with E-state index in [0.29, 0.717) is 19.6 Å². The molecule has 0 radical (unpaired) electrons. The fraction of sp³-hybridized carbons (Fsp3) is 0.600. The lowest BCUT2D eigenvalue weighted by Gasteiger charge is -2.38. The van der Waals surface area contributed by atoms with Gasteiger partial charge in [0, 0.05) is 13.1 Å². The highest BCUT2D eigenvalue weighted by molar-refractivity contribution is 5.86. The van der Waals surface area contributed by atoms with E-state index in [9.17, 15) is 9.90 Å². The number of piperazine rings is 1. The normalized spacial score (nSPS) is 18.0. The molecule has 1 aliphatic heterocycles. The summed E-state index contributed by atoms with van der Waals surface area (Å²) in [6, 6.07) is 4.20. The van der Waals surface area contributed by atoms with Gasteiger partial charge in [0.25, 0.3) is 0 Å². The number of benzene rings is 1. The van der Waals surface area contributed by atoms with Crippen LogP contribution in [0.2, 0.25) is 0 Å². The first kappa shape index (κ1) is 18.9. The van der Waals surface area contributed by atoms with Gasteiger partial charge in [-0.25, -0.2) is 4.98 Å². The van der Waals surface area contributed by atoms with Crippen LogP contribution >= 0.6 is 0 Å². The van der Waals surface area contributed by atoms with Crippen molar-refractivity contribution >= 4 is 16.9 Å². The van der Waals surface area contributed by atoms with Gasteiger partial charge in [-0.2, -0.15) is 0 Å². The summed E-state index contributed by atoms with van der Waals surface area (Å²) in [5.74, 6) is 0.899. The summed E-state index contributed by atoms with van der Waals surface area (Å²) in [6.45, 7) is 13.9. The highest BCUT2D eigenvalue weighted by atomic mass is 16.3. The molecule has 6 nitrogen and oxygen atoms in total. The van der Waals surface area contributed by atoms with Gasteiger partial charge >= 0.3 is 0 Å². The number of nitrogens with one attached hydrogen (secondary N) is 1. The predicted molar refractivity (Wildman–Crippen MR) is 103 cm³/mol. The Hall–Kier alpha value is -1.92. The van der Waals surface area contributed by atoms with Gasteiger partial charge < -0.3 is 19.9 Å². The molecule has 26 heavy (non-hydrogen) atoms. The number of carbonyl (C=O) groups excluding carboxylic acids is 1. The van der Waals surface area contributed by atoms with Gasteiger partial charge in [-0.1, -0.05) is 0 Å². The van der Waals surface area contributed by atoms with Gasteiger partial charge in [0.1, 0.15) is 5.82 Å². The minimum Gasteiger partial charge on any atom is -0.389 e. The molecule has 0 atom stereocenters. The molecule has 1 aliphatic rings. The smallest absolute Gasteiger partial charge is 0.242 e. The number of aryl methyl sites for hydroxylation is 2. The van der Waals surface area contributed by atoms with Gasteiger partial charge in [0.15, 0.2) is 0 Å². The van der Waals surface area contributed by atoms with Crippen molar-refractivity contribution in [3.63, 3.8) is 0 Å². The highest BCUT2D eigenvalue weighted by Crippen LogP contribution is 2.24. The second-order valence-electron chi connectivity index (χ2n) is 8.63. The Morgan fingerprint density at radius 3 is 2.58 bits per heavy atom. The maximum absolute atomic E-state index is 12.7. The largest absolute Gasteiger partial charge is 0.389 e. The van der Waals surface area contributed by atoms with E-state index >= 15 is 0 Å². The third-order valence-corrected chi connectivity index (χ3v) is 5.09. The molecule has 2 N–H and O–H groups in total. The van der Waals surface area contributed by atoms with Gasteiger partial charge in [-0.3, -0.25) is 4.79 Å². The zero-order valence-corrected chi connectivity index (χ0v) is 16.7. The molecule has 2 heterocycles. The molecule has 0 aliphatic carbocycles. The molecule has 0 bridgehead atoms. The molecule has 0 unspecified atom stereocenters. The Morgan fingerprint density at radius 2 is 1.92 bits per heavy atom. The number of rotatable bonds is 4. The summed E-state index contributed by atoms with van der Waals surface area (Å²) in [6.07, 6.45) is 0. The molecule has 0 spiro atoms. The van der Waals surface area contributed by atoms with Crippen molar-refractivity contribution in [1.82, 2.24) is 19.8 Å².